The van der Waals surface area contributed by atoms with Crippen LogP contribution in [-0.2, 0) is 21.4 Å². The molecule has 4 nitrogen and oxygen atoms in total. The fourth-order valence-corrected chi connectivity index (χ4v) is 5.83. The monoisotopic (exact) mass is 450 g/mol. The Morgan fingerprint density at radius 1 is 1.19 bits per heavy atom. The van der Waals surface area contributed by atoms with Gasteiger partial charge in [0, 0.05) is 17.5 Å². The van der Waals surface area contributed by atoms with Crippen LogP contribution < -0.4 is 0 Å². The Morgan fingerprint density at radius 2 is 2.00 bits per heavy atom. The molecule has 0 bridgehead atoms. The smallest absolute Gasteiger partial charge is 0.305 e. The molecular formula is C27H34N2O2S. The van der Waals surface area contributed by atoms with Crippen LogP contribution in [0.3, 0.4) is 0 Å². The van der Waals surface area contributed by atoms with Gasteiger partial charge in [-0.3, -0.25) is 9.78 Å². The topological polar surface area (TPSA) is 52.1 Å². The number of benzene rings is 1. The quantitative estimate of drug-likeness (QED) is 0.279. The molecule has 0 saturated carbocycles. The lowest BCUT2D eigenvalue weighted by Gasteiger charge is -2.40. The van der Waals surface area contributed by atoms with Crippen molar-refractivity contribution < 1.29 is 9.53 Å². The van der Waals surface area contributed by atoms with Crippen LogP contribution >= 0.6 is 11.8 Å². The summed E-state index contributed by atoms with van der Waals surface area (Å²) in [5, 5.41) is 0.258. The molecule has 3 rings (SSSR count). The predicted octanol–water partition coefficient (Wildman–Crippen LogP) is 6.03. The summed E-state index contributed by atoms with van der Waals surface area (Å²) < 4.78 is 4.96. The number of hydrogen-bond donors (Lipinski definition) is 0. The largest absolute Gasteiger partial charge is 0.466 e. The molecule has 2 aromatic rings. The van der Waals surface area contributed by atoms with E-state index in [1.54, 1.807) is 6.20 Å². The molecule has 1 aromatic carbocycles. The van der Waals surface area contributed by atoms with Gasteiger partial charge in [0.15, 0.2) is 0 Å². The van der Waals surface area contributed by atoms with Gasteiger partial charge in [-0.15, -0.1) is 11.8 Å². The van der Waals surface area contributed by atoms with Crippen molar-refractivity contribution in [3.8, 4) is 11.8 Å². The minimum absolute atomic E-state index is 0.127. The van der Waals surface area contributed by atoms with Crippen molar-refractivity contribution in [2.45, 2.75) is 88.2 Å². The molecule has 0 radical (unpaired) electrons. The number of aromatic nitrogens is 2. The number of nitrogens with zero attached hydrogens (tertiary/aromatic N) is 2. The van der Waals surface area contributed by atoms with Crippen LogP contribution in [0.2, 0.25) is 0 Å². The first kappa shape index (κ1) is 24.3. The van der Waals surface area contributed by atoms with Crippen molar-refractivity contribution in [3.63, 3.8) is 0 Å². The van der Waals surface area contributed by atoms with E-state index in [0.717, 1.165) is 49.9 Å². The fraction of sp³-hybridized carbons (Fsp3) is 0.519. The molecule has 0 fully saturated rings. The minimum Gasteiger partial charge on any atom is -0.466 e. The van der Waals surface area contributed by atoms with Crippen molar-refractivity contribution in [2.24, 2.45) is 0 Å². The summed E-state index contributed by atoms with van der Waals surface area (Å²) in [6, 6.07) is 6.87. The molecule has 0 N–H and O–H groups in total. The number of carbonyl (C=O) groups excluding carboxylic acids is 1. The maximum atomic E-state index is 11.4. The van der Waals surface area contributed by atoms with Gasteiger partial charge in [0.25, 0.3) is 0 Å². The van der Waals surface area contributed by atoms with Gasteiger partial charge in [-0.25, -0.2) is 4.98 Å². The van der Waals surface area contributed by atoms with Crippen molar-refractivity contribution >= 4 is 17.7 Å². The highest BCUT2D eigenvalue weighted by molar-refractivity contribution is 8.00. The van der Waals surface area contributed by atoms with E-state index in [1.807, 2.05) is 24.9 Å². The number of hydrogen-bond acceptors (Lipinski definition) is 5. The highest BCUT2D eigenvalue weighted by Crippen LogP contribution is 2.49. The number of carbonyl (C=O) groups is 1. The molecule has 0 saturated heterocycles. The van der Waals surface area contributed by atoms with Gasteiger partial charge in [-0.2, -0.15) is 0 Å². The van der Waals surface area contributed by atoms with E-state index in [4.69, 9.17) is 4.74 Å². The molecule has 1 aliphatic heterocycles. The predicted molar refractivity (Wildman–Crippen MR) is 131 cm³/mol. The summed E-state index contributed by atoms with van der Waals surface area (Å²) in [4.78, 5) is 21.8. The first-order valence-electron chi connectivity index (χ1n) is 11.8. The van der Waals surface area contributed by atoms with Crippen LogP contribution in [0.1, 0.15) is 81.8 Å². The third-order valence-corrected chi connectivity index (χ3v) is 7.50. The fourth-order valence-electron chi connectivity index (χ4n) is 4.34. The number of unbranched alkanes of at least 4 members (excludes halogenated alkanes) is 1. The summed E-state index contributed by atoms with van der Waals surface area (Å²) >= 11 is 1.89. The third kappa shape index (κ3) is 6.13. The Morgan fingerprint density at radius 3 is 2.69 bits per heavy atom. The van der Waals surface area contributed by atoms with Crippen LogP contribution in [0.5, 0.6) is 0 Å². The molecule has 1 aromatic heterocycles. The van der Waals surface area contributed by atoms with Gasteiger partial charge in [-0.1, -0.05) is 31.9 Å². The number of esters is 1. The molecule has 1 aliphatic rings. The summed E-state index contributed by atoms with van der Waals surface area (Å²) in [7, 11) is 0. The van der Waals surface area contributed by atoms with Gasteiger partial charge in [0.2, 0.25) is 0 Å². The maximum Gasteiger partial charge on any atom is 0.305 e. The third-order valence-electron chi connectivity index (χ3n) is 6.34. The zero-order chi connectivity index (χ0) is 23.0. The minimum atomic E-state index is -0.127. The summed E-state index contributed by atoms with van der Waals surface area (Å²) in [5.74, 6) is 6.61. The van der Waals surface area contributed by atoms with Crippen molar-refractivity contribution in [1.29, 1.82) is 0 Å². The van der Waals surface area contributed by atoms with E-state index in [2.05, 4.69) is 60.8 Å². The van der Waals surface area contributed by atoms with Gasteiger partial charge >= 0.3 is 5.97 Å². The Balaban J connectivity index is 1.62. The standard InChI is InChI=1S/C27H34N2O2S/c1-5-27(6-2)17-23(32-25-16-20(4)12-15-24(25)27)14-13-22-19-28-21(18-29-22)10-8-9-11-26(30)31-7-3/h12,15-16,18-19,23H,5-11,17H2,1-4H3. The summed E-state index contributed by atoms with van der Waals surface area (Å²) in [6.45, 7) is 9.02. The number of rotatable bonds is 8. The second-order valence-electron chi connectivity index (χ2n) is 8.47. The lowest BCUT2D eigenvalue weighted by Crippen LogP contribution is -2.32. The van der Waals surface area contributed by atoms with Crippen LogP contribution in [0, 0.1) is 18.8 Å². The van der Waals surface area contributed by atoms with Crippen molar-refractivity contribution in [1.82, 2.24) is 9.97 Å². The summed E-state index contributed by atoms with van der Waals surface area (Å²) in [6.07, 6.45) is 9.87. The second-order valence-corrected chi connectivity index (χ2v) is 9.72. The molecule has 170 valence electrons. The highest BCUT2D eigenvalue weighted by atomic mass is 32.2. The van der Waals surface area contributed by atoms with Crippen LogP contribution in [0.4, 0.5) is 0 Å². The molecule has 1 atom stereocenters. The SMILES string of the molecule is CCOC(=O)CCCCc1cnc(C#CC2CC(CC)(CC)c3ccc(C)cc3S2)cn1. The Labute approximate surface area is 197 Å². The van der Waals surface area contributed by atoms with E-state index in [0.29, 0.717) is 13.0 Å². The van der Waals surface area contributed by atoms with Gasteiger partial charge in [-0.05, 0) is 80.9 Å². The van der Waals surface area contributed by atoms with Crippen LogP contribution in [-0.4, -0.2) is 27.8 Å². The molecule has 0 amide bonds. The first-order valence-corrected chi connectivity index (χ1v) is 12.6. The molecule has 32 heavy (non-hydrogen) atoms. The number of fused-ring (bicyclic) bond motifs is 1. The Bertz CT molecular complexity index is 971. The normalized spacial score (nSPS) is 16.6. The molecular weight excluding hydrogens is 416 g/mol. The molecule has 0 spiro atoms. The average Bonchev–Trinajstić information content (AvgIpc) is 2.80. The maximum absolute atomic E-state index is 11.4. The first-order chi connectivity index (χ1) is 15.5. The Hall–Kier alpha value is -2.32. The van der Waals surface area contributed by atoms with Crippen molar-refractivity contribution in [3.05, 3.63) is 53.1 Å². The van der Waals surface area contributed by atoms with E-state index in [9.17, 15) is 4.79 Å². The van der Waals surface area contributed by atoms with Gasteiger partial charge in [0.05, 0.1) is 23.7 Å². The molecule has 1 unspecified atom stereocenters. The zero-order valence-electron chi connectivity index (χ0n) is 19.7. The number of aryl methyl sites for hydroxylation is 2. The molecule has 2 heterocycles. The lowest BCUT2D eigenvalue weighted by molar-refractivity contribution is -0.143. The highest BCUT2D eigenvalue weighted by Gasteiger charge is 2.37. The van der Waals surface area contributed by atoms with Crippen LogP contribution in [0.25, 0.3) is 0 Å². The van der Waals surface area contributed by atoms with E-state index in [1.165, 1.54) is 16.0 Å². The lowest BCUT2D eigenvalue weighted by atomic mass is 9.72. The van der Waals surface area contributed by atoms with Gasteiger partial charge in [0.1, 0.15) is 5.69 Å². The van der Waals surface area contributed by atoms with Crippen molar-refractivity contribution in [2.75, 3.05) is 6.61 Å². The Kier molecular flexibility index (Phi) is 8.75. The molecule has 0 aliphatic carbocycles. The summed E-state index contributed by atoms with van der Waals surface area (Å²) in [5.41, 5.74) is 4.64. The van der Waals surface area contributed by atoms with E-state index in [-0.39, 0.29) is 16.6 Å². The van der Waals surface area contributed by atoms with E-state index < -0.39 is 0 Å². The average molecular weight is 451 g/mol. The molecule has 5 heteroatoms. The zero-order valence-corrected chi connectivity index (χ0v) is 20.6. The number of thioether (sulfide) groups is 1. The van der Waals surface area contributed by atoms with Crippen LogP contribution in [0.15, 0.2) is 35.5 Å². The number of ether oxygens (including phenoxy) is 1. The van der Waals surface area contributed by atoms with Gasteiger partial charge < -0.3 is 4.74 Å². The van der Waals surface area contributed by atoms with E-state index >= 15 is 0 Å². The second kappa shape index (κ2) is 11.5.